The van der Waals surface area contributed by atoms with Crippen LogP contribution in [0.3, 0.4) is 0 Å². The quantitative estimate of drug-likeness (QED) is 0.413. The molecule has 0 nitrogen and oxygen atoms in total. The molecule has 0 heterocycles. The van der Waals surface area contributed by atoms with Crippen LogP contribution >= 0.6 is 0 Å². The third-order valence-corrected chi connectivity index (χ3v) is 0. The van der Waals surface area contributed by atoms with Crippen LogP contribution in [0, 0.1) is 0 Å². The number of hydrogen-bond acceptors (Lipinski definition) is 0. The first kappa shape index (κ1) is 576. The van der Waals surface area contributed by atoms with Crippen LogP contribution < -0.4 is 0 Å². The van der Waals surface area contributed by atoms with Crippen LogP contribution in [-0.2, 0) is 16.5 Å². The fourth-order valence-electron chi connectivity index (χ4n) is 0. The maximum Gasteiger partial charge on any atom is 0.0814 e. The smallest absolute Gasteiger partial charge is 0.0149 e. The zero-order valence-corrected chi connectivity index (χ0v) is 3.80. The molecule has 4 heavy (non-hydrogen) atoms. The Morgan fingerprint density at radius 3 is 1.00 bits per heavy atom. The summed E-state index contributed by atoms with van der Waals surface area (Å²) in [5.41, 5.74) is 0. The van der Waals surface area contributed by atoms with E-state index in [1.54, 1.807) is 0 Å². The molecule has 38 valence electrons. The molecule has 0 amide bonds. The summed E-state index contributed by atoms with van der Waals surface area (Å²) in [4.78, 5) is 0. The first-order chi connectivity index (χ1) is 0. The standard InChI is InChI=1S/BH3.Ni.No.H4Si/h1H3;;;1H4. The molecular weight excluding hydrogens is 357 g/mol. The molecule has 0 aliphatic heterocycles. The summed E-state index contributed by atoms with van der Waals surface area (Å²) in [6.45, 7) is 0. The van der Waals surface area contributed by atoms with Crippen molar-refractivity contribution in [1.29, 1.82) is 0 Å². The van der Waals surface area contributed by atoms with Gasteiger partial charge >= 0.3 is 0 Å². The average molecular weight is 364 g/mol. The van der Waals surface area contributed by atoms with Crippen molar-refractivity contribution < 1.29 is 16.5 Å². The van der Waals surface area contributed by atoms with E-state index in [9.17, 15) is 0 Å². The molecule has 0 bridgehead atoms. The fourth-order valence-corrected chi connectivity index (χ4v) is 0. The Hall–Kier alpha value is -0.225. The van der Waals surface area contributed by atoms with Crippen molar-refractivity contribution >= 4 is 19.4 Å². The minimum atomic E-state index is 0. The van der Waals surface area contributed by atoms with Gasteiger partial charge in [0.25, 0.3) is 0 Å². The Morgan fingerprint density at radius 1 is 1.00 bits per heavy atom. The molecule has 0 aromatic heterocycles. The molecule has 0 aromatic rings. The molecule has 0 saturated carbocycles. The Morgan fingerprint density at radius 2 is 1.00 bits per heavy atom. The summed E-state index contributed by atoms with van der Waals surface area (Å²) in [5, 5.41) is 0. The van der Waals surface area contributed by atoms with E-state index in [-0.39, 0.29) is 35.9 Å². The van der Waals surface area contributed by atoms with Gasteiger partial charge in [0, 0.05) is 16.5 Å². The van der Waals surface area contributed by atoms with Gasteiger partial charge in [-0.2, -0.15) is 0 Å². The molecule has 0 atom stereocenters. The molecule has 0 rings (SSSR count). The number of rotatable bonds is 0. The summed E-state index contributed by atoms with van der Waals surface area (Å²) < 4.78 is 0. The molecule has 0 spiro atoms. The zero-order valence-electron chi connectivity index (χ0n) is 0.583. The van der Waals surface area contributed by atoms with Gasteiger partial charge in [0.05, 0.1) is 8.41 Å². The van der Waals surface area contributed by atoms with Crippen molar-refractivity contribution in [1.82, 2.24) is 0 Å². The van der Waals surface area contributed by atoms with Crippen LogP contribution in [0.2, 0.25) is 0 Å². The van der Waals surface area contributed by atoms with Crippen molar-refractivity contribution in [2.75, 3.05) is 0 Å². The molecule has 0 aliphatic rings. The Bertz CT molecular complexity index is 8.00. The van der Waals surface area contributed by atoms with Crippen LogP contribution in [-0.4, -0.2) is 19.4 Å². The second kappa shape index (κ2) is 173. The first-order valence-corrected chi connectivity index (χ1v) is 0. The van der Waals surface area contributed by atoms with Gasteiger partial charge in [-0.25, -0.2) is 0 Å². The summed E-state index contributed by atoms with van der Waals surface area (Å²) >= 11 is 0. The van der Waals surface area contributed by atoms with Crippen molar-refractivity contribution in [2.24, 2.45) is 0 Å². The molecule has 0 fully saturated rings. The predicted molar refractivity (Wildman–Crippen MR) is 21.3 cm³/mol. The summed E-state index contributed by atoms with van der Waals surface area (Å²) in [6, 6.07) is 0. The largest absolute Gasteiger partial charge is 0.0814 e. The second-order valence-electron chi connectivity index (χ2n) is 0. The van der Waals surface area contributed by atoms with Crippen LogP contribution in [0.15, 0.2) is 0 Å². The topological polar surface area (TPSA) is 0 Å². The van der Waals surface area contributed by atoms with E-state index in [0.29, 0.717) is 0 Å². The normalized spacial score (nSPS) is 0. The summed E-state index contributed by atoms with van der Waals surface area (Å²) in [7, 11) is 0. The first-order valence-electron chi connectivity index (χ1n) is 0. The van der Waals surface area contributed by atoms with Crippen LogP contribution in [0.1, 0.15) is 0 Å². The van der Waals surface area contributed by atoms with Gasteiger partial charge < -0.3 is 0 Å². The average Bonchev–Trinajstić information content (AvgIpc) is 0. The van der Waals surface area contributed by atoms with E-state index < -0.39 is 0 Å². The van der Waals surface area contributed by atoms with Gasteiger partial charge in [-0.05, 0) is 11.0 Å². The summed E-state index contributed by atoms with van der Waals surface area (Å²) in [6.07, 6.45) is 0. The molecule has 4 heteroatoms. The van der Waals surface area contributed by atoms with Gasteiger partial charge in [0.1, 0.15) is 0 Å². The van der Waals surface area contributed by atoms with Gasteiger partial charge in [0.15, 0.2) is 0 Å². The van der Waals surface area contributed by atoms with Gasteiger partial charge in [-0.15, -0.1) is 0 Å². The maximum atomic E-state index is 0. The third kappa shape index (κ3) is 21.1. The van der Waals surface area contributed by atoms with Gasteiger partial charge in [0.2, 0.25) is 0 Å². The van der Waals surface area contributed by atoms with Crippen LogP contribution in [0.5, 0.6) is 0 Å². The Balaban J connectivity index is 0. The summed E-state index contributed by atoms with van der Waals surface area (Å²) in [5.74, 6) is 0. The van der Waals surface area contributed by atoms with E-state index in [4.69, 9.17) is 0 Å². The van der Waals surface area contributed by atoms with E-state index in [2.05, 4.69) is 0 Å². The Kier molecular flexibility index (Phi) is 25000. The molecule has 0 saturated heterocycles. The van der Waals surface area contributed by atoms with Gasteiger partial charge in [-0.3, -0.25) is 0 Å². The van der Waals surface area contributed by atoms with Crippen molar-refractivity contribution in [3.8, 4) is 0 Å². The molecular formula is H7BNiNoSi. The van der Waals surface area contributed by atoms with Crippen molar-refractivity contribution in [2.45, 2.75) is 0 Å². The van der Waals surface area contributed by atoms with Crippen LogP contribution in [0.25, 0.3) is 0 Å². The zero-order chi connectivity index (χ0) is 0. The maximum absolute atomic E-state index is 0. The number of hydrogen-bond donors (Lipinski definition) is 0. The predicted octanol–water partition coefficient (Wildman–Crippen LogP) is -2.64. The molecule has 0 radical (unpaired) electrons. The molecule has 0 N–H and O–H groups in total. The molecule has 0 aromatic carbocycles. The molecule has 0 unspecified atom stereocenters. The monoisotopic (exact) mass is 363 g/mol. The van der Waals surface area contributed by atoms with E-state index in [1.165, 1.54) is 0 Å². The minimum Gasteiger partial charge on any atom is -0.0149 e. The second-order valence-corrected chi connectivity index (χ2v) is 0. The van der Waals surface area contributed by atoms with E-state index >= 15 is 0 Å². The minimum absolute atomic E-state index is 0. The third-order valence-electron chi connectivity index (χ3n) is 0. The van der Waals surface area contributed by atoms with Crippen LogP contribution in [0.4, 0.5) is 0 Å². The SMILES string of the molecule is B.[Ni].[No].[SiH4]. The molecule has 0 aliphatic carbocycles. The van der Waals surface area contributed by atoms with E-state index in [0.717, 1.165) is 0 Å². The Labute approximate surface area is 36.5 Å². The fraction of sp³-hybridized carbons (Fsp3) is 0. The van der Waals surface area contributed by atoms with E-state index in [1.807, 2.05) is 0 Å². The van der Waals surface area contributed by atoms with Crippen molar-refractivity contribution in [3.05, 3.63) is 0 Å². The van der Waals surface area contributed by atoms with Crippen molar-refractivity contribution in [3.63, 3.8) is 0 Å². The van der Waals surface area contributed by atoms with Gasteiger partial charge in [-0.1, -0.05) is 0 Å².